The van der Waals surface area contributed by atoms with Crippen molar-refractivity contribution in [2.24, 2.45) is 0 Å². The number of aromatic nitrogens is 2. The lowest BCUT2D eigenvalue weighted by molar-refractivity contribution is -0.134. The molecular weight excluding hydrogens is 373 g/mol. The molecule has 7 heteroatoms. The van der Waals surface area contributed by atoms with Crippen molar-refractivity contribution in [1.82, 2.24) is 15.1 Å². The van der Waals surface area contributed by atoms with Crippen LogP contribution in [0, 0.1) is 5.82 Å². The van der Waals surface area contributed by atoms with Gasteiger partial charge in [-0.05, 0) is 25.1 Å². The van der Waals surface area contributed by atoms with Crippen LogP contribution in [-0.4, -0.2) is 40.2 Å². The van der Waals surface area contributed by atoms with Crippen molar-refractivity contribution >= 4 is 16.7 Å². The molecule has 2 aromatic carbocycles. The zero-order chi connectivity index (χ0) is 20.4. The Balaban J connectivity index is 1.43. The second kappa shape index (κ2) is 8.03. The molecule has 0 bridgehead atoms. The maximum Gasteiger partial charge on any atom is 0.272 e. The zero-order valence-corrected chi connectivity index (χ0v) is 16.1. The van der Waals surface area contributed by atoms with Gasteiger partial charge >= 0.3 is 0 Å². The van der Waals surface area contributed by atoms with Gasteiger partial charge in [0.15, 0.2) is 0 Å². The van der Waals surface area contributed by atoms with Crippen LogP contribution in [0.5, 0.6) is 5.75 Å². The van der Waals surface area contributed by atoms with Crippen LogP contribution in [0.15, 0.2) is 53.3 Å². The molecule has 4 rings (SSSR count). The minimum atomic E-state index is -0.475. The van der Waals surface area contributed by atoms with E-state index < -0.39 is 5.92 Å². The van der Waals surface area contributed by atoms with Gasteiger partial charge in [-0.15, -0.1) is 0 Å². The van der Waals surface area contributed by atoms with Crippen LogP contribution >= 0.6 is 0 Å². The molecule has 0 aliphatic carbocycles. The van der Waals surface area contributed by atoms with Crippen LogP contribution in [0.25, 0.3) is 10.8 Å². The Morgan fingerprint density at radius 1 is 1.17 bits per heavy atom. The molecule has 3 aromatic rings. The summed E-state index contributed by atoms with van der Waals surface area (Å²) in [5, 5.41) is 7.87. The van der Waals surface area contributed by atoms with Crippen LogP contribution in [-0.2, 0) is 4.79 Å². The number of fused-ring (bicyclic) bond motifs is 1. The minimum Gasteiger partial charge on any atom is -0.490 e. The molecule has 6 nitrogen and oxygen atoms in total. The van der Waals surface area contributed by atoms with Crippen LogP contribution in [0.2, 0.25) is 0 Å². The predicted octanol–water partition coefficient (Wildman–Crippen LogP) is 3.24. The molecule has 150 valence electrons. The van der Waals surface area contributed by atoms with Gasteiger partial charge < -0.3 is 9.64 Å². The molecular formula is C22H22FN3O3. The minimum absolute atomic E-state index is 0.0288. The highest BCUT2D eigenvalue weighted by atomic mass is 19.1. The Morgan fingerprint density at radius 3 is 2.62 bits per heavy atom. The van der Waals surface area contributed by atoms with E-state index in [-0.39, 0.29) is 23.4 Å². The van der Waals surface area contributed by atoms with Crippen LogP contribution in [0.4, 0.5) is 4.39 Å². The average Bonchev–Trinajstić information content (AvgIpc) is 2.74. The fraction of sp³-hybridized carbons (Fsp3) is 0.318. The molecule has 2 heterocycles. The van der Waals surface area contributed by atoms with E-state index in [2.05, 4.69) is 10.2 Å². The van der Waals surface area contributed by atoms with Crippen LogP contribution in [0.3, 0.4) is 0 Å². The number of aromatic amines is 1. The van der Waals surface area contributed by atoms with E-state index in [0.717, 1.165) is 0 Å². The highest BCUT2D eigenvalue weighted by Gasteiger charge is 2.29. The Hall–Kier alpha value is -3.22. The molecule has 1 amide bonds. The van der Waals surface area contributed by atoms with Gasteiger partial charge in [-0.1, -0.05) is 24.3 Å². The Labute approximate surface area is 167 Å². The lowest BCUT2D eigenvalue weighted by atomic mass is 9.98. The van der Waals surface area contributed by atoms with Crippen molar-refractivity contribution in [2.75, 3.05) is 13.1 Å². The molecule has 1 aromatic heterocycles. The van der Waals surface area contributed by atoms with Gasteiger partial charge in [-0.2, -0.15) is 5.10 Å². The average molecular weight is 395 g/mol. The number of nitrogens with zero attached hydrogens (tertiary/aromatic N) is 2. The lowest BCUT2D eigenvalue weighted by Crippen LogP contribution is -2.43. The Kier molecular flexibility index (Phi) is 5.29. The van der Waals surface area contributed by atoms with Gasteiger partial charge in [0, 0.05) is 37.4 Å². The van der Waals surface area contributed by atoms with E-state index in [4.69, 9.17) is 4.74 Å². The molecule has 1 aliphatic heterocycles. The first-order valence-corrected chi connectivity index (χ1v) is 9.71. The number of likely N-dealkylation sites (tertiary alicyclic amines) is 1. The summed E-state index contributed by atoms with van der Waals surface area (Å²) in [6, 6.07) is 13.3. The number of piperidine rings is 1. The molecule has 0 spiro atoms. The van der Waals surface area contributed by atoms with Crippen molar-refractivity contribution in [2.45, 2.75) is 31.8 Å². The second-order valence-electron chi connectivity index (χ2n) is 7.31. The van der Waals surface area contributed by atoms with E-state index in [1.54, 1.807) is 29.2 Å². The van der Waals surface area contributed by atoms with Gasteiger partial charge in [-0.25, -0.2) is 9.49 Å². The standard InChI is InChI=1S/C22H22FN3O3/c1-14(20-18-7-2-3-8-19(18)21(27)25-24-20)22(28)26-11-9-16(10-12-26)29-17-6-4-5-15(23)13-17/h2-8,13-14,16H,9-12H2,1H3,(H,25,27). The summed E-state index contributed by atoms with van der Waals surface area (Å²) >= 11 is 0. The molecule has 1 fully saturated rings. The molecule has 1 saturated heterocycles. The van der Waals surface area contributed by atoms with Crippen molar-refractivity contribution in [3.05, 3.63) is 70.4 Å². The number of halogens is 1. The van der Waals surface area contributed by atoms with E-state index >= 15 is 0 Å². The number of hydrogen-bond donors (Lipinski definition) is 1. The largest absolute Gasteiger partial charge is 0.490 e. The monoisotopic (exact) mass is 395 g/mol. The van der Waals surface area contributed by atoms with E-state index in [9.17, 15) is 14.0 Å². The number of H-pyrrole nitrogens is 1. The van der Waals surface area contributed by atoms with Gasteiger partial charge in [0.25, 0.3) is 5.56 Å². The third kappa shape index (κ3) is 3.99. The smallest absolute Gasteiger partial charge is 0.272 e. The molecule has 1 unspecified atom stereocenters. The first kappa shape index (κ1) is 19.1. The summed E-state index contributed by atoms with van der Waals surface area (Å²) in [5.74, 6) is -0.326. The maximum atomic E-state index is 13.3. The van der Waals surface area contributed by atoms with Crippen LogP contribution < -0.4 is 10.3 Å². The van der Waals surface area contributed by atoms with Gasteiger partial charge in [0.05, 0.1) is 17.0 Å². The quantitative estimate of drug-likeness (QED) is 0.736. The fourth-order valence-corrected chi connectivity index (χ4v) is 3.78. The summed E-state index contributed by atoms with van der Waals surface area (Å²) in [6.07, 6.45) is 1.30. The first-order chi connectivity index (χ1) is 14.0. The Bertz CT molecular complexity index is 1090. The van der Waals surface area contributed by atoms with Gasteiger partial charge in [-0.3, -0.25) is 9.59 Å². The SMILES string of the molecule is CC(C(=O)N1CCC(Oc2cccc(F)c2)CC1)c1n[nH]c(=O)c2ccccc12. The Morgan fingerprint density at radius 2 is 1.90 bits per heavy atom. The topological polar surface area (TPSA) is 75.3 Å². The highest BCUT2D eigenvalue weighted by molar-refractivity contribution is 5.91. The molecule has 1 N–H and O–H groups in total. The molecule has 1 atom stereocenters. The predicted molar refractivity (Wildman–Crippen MR) is 107 cm³/mol. The van der Waals surface area contributed by atoms with Crippen molar-refractivity contribution < 1.29 is 13.9 Å². The number of hydrogen-bond acceptors (Lipinski definition) is 4. The summed E-state index contributed by atoms with van der Waals surface area (Å²) < 4.78 is 19.2. The number of rotatable bonds is 4. The van der Waals surface area contributed by atoms with Gasteiger partial charge in [0.2, 0.25) is 5.91 Å². The molecule has 0 saturated carbocycles. The van der Waals surface area contributed by atoms with E-state index in [1.807, 2.05) is 19.1 Å². The summed E-state index contributed by atoms with van der Waals surface area (Å²) in [6.45, 7) is 2.93. The summed E-state index contributed by atoms with van der Waals surface area (Å²) in [5.41, 5.74) is 0.308. The number of nitrogens with one attached hydrogen (secondary N) is 1. The van der Waals surface area contributed by atoms with E-state index in [0.29, 0.717) is 48.1 Å². The van der Waals surface area contributed by atoms with Crippen LogP contribution in [0.1, 0.15) is 31.4 Å². The van der Waals surface area contributed by atoms with E-state index in [1.165, 1.54) is 12.1 Å². The zero-order valence-electron chi connectivity index (χ0n) is 16.1. The number of benzene rings is 2. The maximum absolute atomic E-state index is 13.3. The van der Waals surface area contributed by atoms with Crippen molar-refractivity contribution in [3.8, 4) is 5.75 Å². The molecule has 1 aliphatic rings. The first-order valence-electron chi connectivity index (χ1n) is 9.71. The van der Waals surface area contributed by atoms with Gasteiger partial charge in [0.1, 0.15) is 17.7 Å². The normalized spacial score (nSPS) is 16.0. The number of carbonyl (C=O) groups is 1. The number of ether oxygens (including phenoxy) is 1. The van der Waals surface area contributed by atoms with Crippen molar-refractivity contribution in [1.29, 1.82) is 0 Å². The highest BCUT2D eigenvalue weighted by Crippen LogP contribution is 2.25. The third-order valence-corrected chi connectivity index (χ3v) is 5.36. The second-order valence-corrected chi connectivity index (χ2v) is 7.31. The van der Waals surface area contributed by atoms with Crippen molar-refractivity contribution in [3.63, 3.8) is 0 Å². The summed E-state index contributed by atoms with van der Waals surface area (Å²) in [7, 11) is 0. The molecule has 29 heavy (non-hydrogen) atoms. The number of carbonyl (C=O) groups excluding carboxylic acids is 1. The summed E-state index contributed by atoms with van der Waals surface area (Å²) in [4.78, 5) is 26.8. The lowest BCUT2D eigenvalue weighted by Gasteiger charge is -2.33. The number of amides is 1. The molecule has 0 radical (unpaired) electrons. The fourth-order valence-electron chi connectivity index (χ4n) is 3.78. The third-order valence-electron chi connectivity index (χ3n) is 5.36.